The Bertz CT molecular complexity index is 1460. The molecule has 1 saturated carbocycles. The lowest BCUT2D eigenvalue weighted by molar-refractivity contribution is 0.233. The van der Waals surface area contributed by atoms with Gasteiger partial charge in [0.15, 0.2) is 5.76 Å². The van der Waals surface area contributed by atoms with Crippen LogP contribution in [0, 0.1) is 17.0 Å². The van der Waals surface area contributed by atoms with Crippen LogP contribution in [-0.2, 0) is 18.6 Å². The fraction of sp³-hybridized carbons (Fsp3) is 0.346. The van der Waals surface area contributed by atoms with Crippen LogP contribution < -0.4 is 0 Å². The predicted octanol–water partition coefficient (Wildman–Crippen LogP) is 4.05. The van der Waals surface area contributed by atoms with E-state index in [-0.39, 0.29) is 46.5 Å². The monoisotopic (exact) mass is 491 g/mol. The Labute approximate surface area is 205 Å². The van der Waals surface area contributed by atoms with E-state index in [0.717, 1.165) is 24.1 Å². The number of hydrogen-bond donors (Lipinski definition) is 2. The summed E-state index contributed by atoms with van der Waals surface area (Å²) in [5, 5.41) is 27.8. The molecule has 3 heterocycles. The molecule has 2 N–H and O–H groups in total. The van der Waals surface area contributed by atoms with Gasteiger partial charge in [-0.3, -0.25) is 4.98 Å². The molecule has 0 unspecified atom stereocenters. The van der Waals surface area contributed by atoms with Gasteiger partial charge in [-0.25, -0.2) is 18.7 Å². The van der Waals surface area contributed by atoms with Crippen LogP contribution in [0.25, 0.3) is 22.8 Å². The zero-order valence-electron chi connectivity index (χ0n) is 19.7. The normalized spacial score (nSPS) is 21.7. The summed E-state index contributed by atoms with van der Waals surface area (Å²) >= 11 is 0. The third-order valence-corrected chi connectivity index (χ3v) is 7.96. The van der Waals surface area contributed by atoms with E-state index in [1.807, 2.05) is 0 Å². The topological polar surface area (TPSA) is 118 Å². The first-order chi connectivity index (χ1) is 17.3. The highest BCUT2D eigenvalue weighted by molar-refractivity contribution is 5.64. The van der Waals surface area contributed by atoms with Crippen LogP contribution in [0.1, 0.15) is 61.0 Å². The van der Waals surface area contributed by atoms with Crippen LogP contribution in [0.3, 0.4) is 0 Å². The number of fused-ring (bicyclic) bond motifs is 5. The van der Waals surface area contributed by atoms with E-state index in [2.05, 4.69) is 34.0 Å². The molecule has 3 aromatic heterocycles. The molecule has 2 aliphatic carbocycles. The van der Waals surface area contributed by atoms with Gasteiger partial charge in [0.05, 0.1) is 40.9 Å². The highest BCUT2D eigenvalue weighted by Gasteiger charge is 2.65. The van der Waals surface area contributed by atoms with Crippen molar-refractivity contribution in [2.75, 3.05) is 0 Å². The Morgan fingerprint density at radius 3 is 2.50 bits per heavy atom. The fourth-order valence-electron chi connectivity index (χ4n) is 6.17. The van der Waals surface area contributed by atoms with Crippen molar-refractivity contribution in [1.29, 1.82) is 0 Å². The van der Waals surface area contributed by atoms with Gasteiger partial charge < -0.3 is 14.6 Å². The molecule has 10 heteroatoms. The van der Waals surface area contributed by atoms with Gasteiger partial charge in [-0.05, 0) is 47.9 Å². The largest absolute Gasteiger partial charge is 0.437 e. The van der Waals surface area contributed by atoms with Crippen molar-refractivity contribution in [3.63, 3.8) is 0 Å². The van der Waals surface area contributed by atoms with E-state index >= 15 is 0 Å². The molecule has 6 rings (SSSR count). The molecule has 0 spiro atoms. The number of benzene rings is 1. The van der Waals surface area contributed by atoms with E-state index in [1.165, 1.54) is 24.4 Å². The highest BCUT2D eigenvalue weighted by atomic mass is 19.1. The second-order valence-electron chi connectivity index (χ2n) is 9.84. The van der Waals surface area contributed by atoms with Crippen molar-refractivity contribution in [2.24, 2.45) is 5.41 Å². The molecule has 4 aromatic rings. The molecule has 8 nitrogen and oxygen atoms in total. The number of aliphatic hydroxyl groups excluding tert-OH is 2. The summed E-state index contributed by atoms with van der Waals surface area (Å²) in [4.78, 5) is 13.5. The Kier molecular flexibility index (Phi) is 5.03. The third-order valence-electron chi connectivity index (χ3n) is 7.96. The minimum absolute atomic E-state index is 0.0887. The van der Waals surface area contributed by atoms with Gasteiger partial charge in [0.25, 0.3) is 0 Å². The van der Waals surface area contributed by atoms with Crippen molar-refractivity contribution in [3.05, 3.63) is 76.7 Å². The molecule has 184 valence electrons. The molecule has 2 aliphatic rings. The number of rotatable bonds is 5. The zero-order chi connectivity index (χ0) is 25.2. The van der Waals surface area contributed by atoms with Crippen LogP contribution in [0.5, 0.6) is 0 Å². The summed E-state index contributed by atoms with van der Waals surface area (Å²) in [6.07, 6.45) is 4.81. The van der Waals surface area contributed by atoms with E-state index in [0.29, 0.717) is 11.4 Å². The van der Waals surface area contributed by atoms with Crippen LogP contribution in [-0.4, -0.2) is 35.4 Å². The van der Waals surface area contributed by atoms with Crippen LogP contribution in [0.15, 0.2) is 41.1 Å². The third kappa shape index (κ3) is 2.94. The molecule has 0 aliphatic heterocycles. The standard InChI is InChI=1S/C26H23F2N5O3/c1-25(2)14-6-7-26(25,21-10-29-9-18(30-21)24-31-19(11-34)20(12-35)36-24)23-13(14)8-17(32-33-23)22-15(27)4-3-5-16(22)28/h3-5,8-10,14,34-35H,6-7,11-12H2,1-2H3/t14-,26-/m0/s1. The summed E-state index contributed by atoms with van der Waals surface area (Å²) < 4.78 is 34.6. The van der Waals surface area contributed by atoms with E-state index in [1.54, 1.807) is 12.3 Å². The second kappa shape index (κ2) is 7.94. The molecule has 1 fully saturated rings. The Hall–Kier alpha value is -3.63. The molecular weight excluding hydrogens is 468 g/mol. The van der Waals surface area contributed by atoms with Crippen molar-refractivity contribution in [2.45, 2.75) is 51.2 Å². The summed E-state index contributed by atoms with van der Waals surface area (Å²) in [6.45, 7) is 3.51. The lowest BCUT2D eigenvalue weighted by Crippen LogP contribution is -2.38. The van der Waals surface area contributed by atoms with Gasteiger partial charge in [-0.15, -0.1) is 5.10 Å². The van der Waals surface area contributed by atoms with Crippen molar-refractivity contribution in [3.8, 4) is 22.8 Å². The number of halogens is 2. The van der Waals surface area contributed by atoms with Crippen LogP contribution in [0.2, 0.25) is 0 Å². The molecule has 2 atom stereocenters. The first-order valence-corrected chi connectivity index (χ1v) is 11.7. The molecule has 2 bridgehead atoms. The maximum absolute atomic E-state index is 14.5. The number of nitrogens with zero attached hydrogens (tertiary/aromatic N) is 5. The predicted molar refractivity (Wildman–Crippen MR) is 123 cm³/mol. The molecule has 0 radical (unpaired) electrons. The highest BCUT2D eigenvalue weighted by Crippen LogP contribution is 2.69. The zero-order valence-corrected chi connectivity index (χ0v) is 19.7. The quantitative estimate of drug-likeness (QED) is 0.429. The van der Waals surface area contributed by atoms with Gasteiger partial charge in [0.1, 0.15) is 29.6 Å². The lowest BCUT2D eigenvalue weighted by Gasteiger charge is -2.37. The minimum atomic E-state index is -0.685. The van der Waals surface area contributed by atoms with E-state index in [4.69, 9.17) is 9.40 Å². The molecule has 0 amide bonds. The summed E-state index contributed by atoms with van der Waals surface area (Å²) in [6, 6.07) is 5.49. The summed E-state index contributed by atoms with van der Waals surface area (Å²) in [7, 11) is 0. The van der Waals surface area contributed by atoms with Crippen LogP contribution >= 0.6 is 0 Å². The maximum Gasteiger partial charge on any atom is 0.247 e. The van der Waals surface area contributed by atoms with Gasteiger partial charge in [-0.2, -0.15) is 5.10 Å². The van der Waals surface area contributed by atoms with E-state index < -0.39 is 23.7 Å². The maximum atomic E-state index is 14.5. The van der Waals surface area contributed by atoms with Gasteiger partial charge in [0, 0.05) is 6.20 Å². The smallest absolute Gasteiger partial charge is 0.247 e. The second-order valence-corrected chi connectivity index (χ2v) is 9.84. The van der Waals surface area contributed by atoms with Crippen LogP contribution in [0.4, 0.5) is 8.78 Å². The fourth-order valence-corrected chi connectivity index (χ4v) is 6.17. The average Bonchev–Trinajstić information content (AvgIpc) is 3.48. The molecular formula is C26H23F2N5O3. The van der Waals surface area contributed by atoms with Gasteiger partial charge >= 0.3 is 0 Å². The minimum Gasteiger partial charge on any atom is -0.437 e. The average molecular weight is 491 g/mol. The number of aliphatic hydroxyl groups is 2. The summed E-state index contributed by atoms with van der Waals surface area (Å²) in [5.74, 6) is -0.962. The molecule has 36 heavy (non-hydrogen) atoms. The van der Waals surface area contributed by atoms with E-state index in [9.17, 15) is 19.0 Å². The number of aromatic nitrogens is 5. The first kappa shape index (κ1) is 22.8. The Morgan fingerprint density at radius 2 is 1.81 bits per heavy atom. The Balaban J connectivity index is 1.49. The number of hydrogen-bond acceptors (Lipinski definition) is 8. The molecule has 0 saturated heterocycles. The van der Waals surface area contributed by atoms with Gasteiger partial charge in [0.2, 0.25) is 5.89 Å². The SMILES string of the molecule is CC1(C)[C@H]2CC[C@]1(c1cncc(-c3nc(CO)c(CO)o3)n1)c1nnc(-c3c(F)cccc3F)cc12. The lowest BCUT2D eigenvalue weighted by atomic mass is 9.66. The van der Waals surface area contributed by atoms with Crippen molar-refractivity contribution in [1.82, 2.24) is 25.1 Å². The molecule has 1 aromatic carbocycles. The van der Waals surface area contributed by atoms with Gasteiger partial charge in [-0.1, -0.05) is 19.9 Å². The van der Waals surface area contributed by atoms with Crippen molar-refractivity contribution >= 4 is 0 Å². The first-order valence-electron chi connectivity index (χ1n) is 11.7. The summed E-state index contributed by atoms with van der Waals surface area (Å²) in [5.41, 5.74) is 1.94. The van der Waals surface area contributed by atoms with Crippen molar-refractivity contribution < 1.29 is 23.4 Å². The Morgan fingerprint density at radius 1 is 1.03 bits per heavy atom. The number of oxazole rings is 1.